The Morgan fingerprint density at radius 2 is 1.95 bits per heavy atom. The van der Waals surface area contributed by atoms with Crippen LogP contribution >= 0.6 is 0 Å². The van der Waals surface area contributed by atoms with Gasteiger partial charge in [0.05, 0.1) is 17.4 Å². The number of nitrogen functional groups attached to an aromatic ring is 1. The zero-order valence-electron chi connectivity index (χ0n) is 10.4. The number of benzene rings is 2. The van der Waals surface area contributed by atoms with E-state index in [4.69, 9.17) is 5.73 Å². The van der Waals surface area contributed by atoms with Crippen LogP contribution in [0.3, 0.4) is 0 Å². The molecule has 1 aliphatic heterocycles. The minimum Gasteiger partial charge on any atom is -0.399 e. The molecule has 0 fully saturated rings. The number of nitrogens with zero attached hydrogens (tertiary/aromatic N) is 2. The highest BCUT2D eigenvalue weighted by atomic mass is 15.1. The van der Waals surface area contributed by atoms with Gasteiger partial charge in [-0.15, -0.1) is 0 Å². The molecule has 4 nitrogen and oxygen atoms in total. The number of hydrogen-bond donors (Lipinski definition) is 2. The fourth-order valence-corrected chi connectivity index (χ4v) is 2.72. The number of nitrogens with one attached hydrogen (secondary N) is 1. The Balaban J connectivity index is 1.71. The van der Waals surface area contributed by atoms with Crippen molar-refractivity contribution in [2.24, 2.45) is 0 Å². The quantitative estimate of drug-likeness (QED) is 0.653. The Bertz CT molecular complexity index is 760. The number of nitrogens with two attached hydrogens (primary N) is 1. The van der Waals surface area contributed by atoms with E-state index < -0.39 is 0 Å². The molecule has 4 heteroatoms. The van der Waals surface area contributed by atoms with Crippen LogP contribution in [0.25, 0.3) is 11.0 Å². The van der Waals surface area contributed by atoms with Gasteiger partial charge in [0.1, 0.15) is 0 Å². The van der Waals surface area contributed by atoms with Crippen molar-refractivity contribution in [2.75, 3.05) is 10.6 Å². The van der Waals surface area contributed by atoms with Crippen molar-refractivity contribution in [1.29, 1.82) is 0 Å². The molecule has 1 aromatic heterocycles. The highest BCUT2D eigenvalue weighted by molar-refractivity contribution is 5.79. The number of hydrogen-bond acceptors (Lipinski definition) is 3. The summed E-state index contributed by atoms with van der Waals surface area (Å²) >= 11 is 0. The third-order valence-corrected chi connectivity index (χ3v) is 3.72. The van der Waals surface area contributed by atoms with Crippen molar-refractivity contribution in [3.8, 4) is 0 Å². The van der Waals surface area contributed by atoms with Crippen molar-refractivity contribution in [3.63, 3.8) is 0 Å². The standard InChI is InChI=1S/C15H14N4/c16-12-2-1-10-7-19(8-11(10)5-12)13-3-4-14-15(6-13)18-9-17-14/h1-6,9H,7-8,16H2,(H,17,18). The van der Waals surface area contributed by atoms with E-state index >= 15 is 0 Å². The molecular weight excluding hydrogens is 236 g/mol. The van der Waals surface area contributed by atoms with Gasteiger partial charge in [-0.25, -0.2) is 4.98 Å². The fraction of sp³-hybridized carbons (Fsp3) is 0.133. The summed E-state index contributed by atoms with van der Waals surface area (Å²) in [6.07, 6.45) is 1.73. The molecule has 0 aliphatic carbocycles. The van der Waals surface area contributed by atoms with E-state index in [1.807, 2.05) is 6.07 Å². The predicted octanol–water partition coefficient (Wildman–Crippen LogP) is 2.67. The third-order valence-electron chi connectivity index (χ3n) is 3.72. The van der Waals surface area contributed by atoms with E-state index in [2.05, 4.69) is 45.2 Å². The lowest BCUT2D eigenvalue weighted by Gasteiger charge is -2.17. The Kier molecular flexibility index (Phi) is 2.06. The predicted molar refractivity (Wildman–Crippen MR) is 76.8 cm³/mol. The van der Waals surface area contributed by atoms with E-state index in [1.54, 1.807) is 6.33 Å². The van der Waals surface area contributed by atoms with Gasteiger partial charge in [-0.1, -0.05) is 6.07 Å². The molecule has 0 spiro atoms. The fourth-order valence-electron chi connectivity index (χ4n) is 2.72. The van der Waals surface area contributed by atoms with Gasteiger partial charge in [-0.3, -0.25) is 0 Å². The molecule has 0 saturated heterocycles. The van der Waals surface area contributed by atoms with E-state index in [0.29, 0.717) is 0 Å². The molecular formula is C15H14N4. The highest BCUT2D eigenvalue weighted by Gasteiger charge is 2.19. The van der Waals surface area contributed by atoms with Crippen molar-refractivity contribution in [1.82, 2.24) is 9.97 Å². The number of aromatic nitrogens is 2. The van der Waals surface area contributed by atoms with E-state index in [-0.39, 0.29) is 0 Å². The zero-order valence-corrected chi connectivity index (χ0v) is 10.4. The normalized spacial score (nSPS) is 14.0. The molecule has 0 unspecified atom stereocenters. The number of imidazole rings is 1. The van der Waals surface area contributed by atoms with Gasteiger partial charge in [0.2, 0.25) is 0 Å². The van der Waals surface area contributed by atoms with Crippen LogP contribution in [0.1, 0.15) is 11.1 Å². The zero-order chi connectivity index (χ0) is 12.8. The lowest BCUT2D eigenvalue weighted by molar-refractivity contribution is 0.881. The molecule has 0 saturated carbocycles. The van der Waals surface area contributed by atoms with Gasteiger partial charge < -0.3 is 15.6 Å². The summed E-state index contributed by atoms with van der Waals surface area (Å²) in [5.41, 5.74) is 12.7. The van der Waals surface area contributed by atoms with Crippen LogP contribution in [0.4, 0.5) is 11.4 Å². The lowest BCUT2D eigenvalue weighted by atomic mass is 10.1. The molecule has 94 valence electrons. The first-order chi connectivity index (χ1) is 9.29. The summed E-state index contributed by atoms with van der Waals surface area (Å²) < 4.78 is 0. The molecule has 19 heavy (non-hydrogen) atoms. The summed E-state index contributed by atoms with van der Waals surface area (Å²) in [5, 5.41) is 0. The van der Waals surface area contributed by atoms with Crippen LogP contribution in [-0.4, -0.2) is 9.97 Å². The summed E-state index contributed by atoms with van der Waals surface area (Å²) in [5.74, 6) is 0. The Morgan fingerprint density at radius 3 is 2.89 bits per heavy atom. The topological polar surface area (TPSA) is 57.9 Å². The molecule has 3 aromatic rings. The Labute approximate surface area is 110 Å². The van der Waals surface area contributed by atoms with Gasteiger partial charge in [-0.05, 0) is 41.5 Å². The van der Waals surface area contributed by atoms with Crippen LogP contribution in [0.5, 0.6) is 0 Å². The summed E-state index contributed by atoms with van der Waals surface area (Å²) in [7, 11) is 0. The second-order valence-corrected chi connectivity index (χ2v) is 4.99. The summed E-state index contributed by atoms with van der Waals surface area (Å²) in [6, 6.07) is 12.5. The molecule has 0 atom stereocenters. The van der Waals surface area contributed by atoms with Gasteiger partial charge in [0.25, 0.3) is 0 Å². The average Bonchev–Trinajstić information content (AvgIpc) is 3.02. The first kappa shape index (κ1) is 10.4. The molecule has 3 N–H and O–H groups in total. The highest BCUT2D eigenvalue weighted by Crippen LogP contribution is 2.30. The van der Waals surface area contributed by atoms with Crippen molar-refractivity contribution >= 4 is 22.4 Å². The Morgan fingerprint density at radius 1 is 1.05 bits per heavy atom. The second-order valence-electron chi connectivity index (χ2n) is 4.99. The van der Waals surface area contributed by atoms with Crippen molar-refractivity contribution in [2.45, 2.75) is 13.1 Å². The van der Waals surface area contributed by atoms with Crippen molar-refractivity contribution < 1.29 is 0 Å². The summed E-state index contributed by atoms with van der Waals surface area (Å²) in [4.78, 5) is 9.75. The van der Waals surface area contributed by atoms with Crippen LogP contribution < -0.4 is 10.6 Å². The molecule has 0 bridgehead atoms. The van der Waals surface area contributed by atoms with Crippen LogP contribution in [0.2, 0.25) is 0 Å². The second kappa shape index (κ2) is 3.75. The smallest absolute Gasteiger partial charge is 0.0931 e. The molecule has 1 aliphatic rings. The Hall–Kier alpha value is -2.49. The van der Waals surface area contributed by atoms with Crippen molar-refractivity contribution in [3.05, 3.63) is 53.9 Å². The van der Waals surface area contributed by atoms with Crippen LogP contribution in [0.15, 0.2) is 42.7 Å². The largest absolute Gasteiger partial charge is 0.399 e. The first-order valence-electron chi connectivity index (χ1n) is 6.35. The minimum absolute atomic E-state index is 0.838. The van der Waals surface area contributed by atoms with Gasteiger partial charge in [0.15, 0.2) is 0 Å². The number of aromatic amines is 1. The molecule has 0 amide bonds. The molecule has 0 radical (unpaired) electrons. The maximum Gasteiger partial charge on any atom is 0.0931 e. The number of rotatable bonds is 1. The van der Waals surface area contributed by atoms with E-state index in [0.717, 1.165) is 29.8 Å². The molecule has 2 aromatic carbocycles. The SMILES string of the molecule is Nc1ccc2c(c1)CN(c1ccc3nc[nH]c3c1)C2. The maximum absolute atomic E-state index is 5.84. The number of fused-ring (bicyclic) bond motifs is 2. The average molecular weight is 250 g/mol. The summed E-state index contributed by atoms with van der Waals surface area (Å²) in [6.45, 7) is 1.86. The van der Waals surface area contributed by atoms with E-state index in [1.165, 1.54) is 16.8 Å². The molecule has 2 heterocycles. The number of H-pyrrole nitrogens is 1. The lowest BCUT2D eigenvalue weighted by Crippen LogP contribution is -2.14. The van der Waals surface area contributed by atoms with Crippen LogP contribution in [-0.2, 0) is 13.1 Å². The van der Waals surface area contributed by atoms with E-state index in [9.17, 15) is 0 Å². The number of anilines is 2. The molecule has 4 rings (SSSR count). The maximum atomic E-state index is 5.84. The monoisotopic (exact) mass is 250 g/mol. The van der Waals surface area contributed by atoms with Gasteiger partial charge >= 0.3 is 0 Å². The third kappa shape index (κ3) is 1.64. The minimum atomic E-state index is 0.838. The van der Waals surface area contributed by atoms with Gasteiger partial charge in [-0.2, -0.15) is 0 Å². The van der Waals surface area contributed by atoms with Gasteiger partial charge in [0, 0.05) is 24.5 Å². The first-order valence-corrected chi connectivity index (χ1v) is 6.35. The van der Waals surface area contributed by atoms with Crippen LogP contribution in [0, 0.1) is 0 Å².